The Labute approximate surface area is 115 Å². The summed E-state index contributed by atoms with van der Waals surface area (Å²) in [6.07, 6.45) is 4.08. The van der Waals surface area contributed by atoms with E-state index in [2.05, 4.69) is 31.7 Å². The van der Waals surface area contributed by atoms with Gasteiger partial charge < -0.3 is 10.6 Å². The zero-order valence-corrected chi connectivity index (χ0v) is 12.2. The molecule has 0 amide bonds. The molecule has 0 aromatic carbocycles. The van der Waals surface area contributed by atoms with E-state index in [4.69, 9.17) is 0 Å². The lowest BCUT2D eigenvalue weighted by Gasteiger charge is -2.12. The molecule has 0 bridgehead atoms. The average Bonchev–Trinajstić information content (AvgIpc) is 2.88. The highest BCUT2D eigenvalue weighted by molar-refractivity contribution is 9.10. The maximum absolute atomic E-state index is 11.8. The van der Waals surface area contributed by atoms with Crippen LogP contribution in [-0.4, -0.2) is 29.4 Å². The summed E-state index contributed by atoms with van der Waals surface area (Å²) < 4.78 is 2.01. The molecule has 100 valence electrons. The standard InChI is InChI=1S/C12H19BrN4O/c1-2-17-12(18)11(13)10(8-16-17)15-6-4-9-3-5-14-7-9/h8-9,14-15H,2-7H2,1H3. The van der Waals surface area contributed by atoms with Gasteiger partial charge in [-0.3, -0.25) is 4.79 Å². The molecule has 0 spiro atoms. The molecule has 1 unspecified atom stereocenters. The summed E-state index contributed by atoms with van der Waals surface area (Å²) in [5.74, 6) is 0.750. The van der Waals surface area contributed by atoms with Gasteiger partial charge in [-0.05, 0) is 54.7 Å². The minimum Gasteiger partial charge on any atom is -0.383 e. The number of aromatic nitrogens is 2. The highest BCUT2D eigenvalue weighted by Crippen LogP contribution is 2.17. The van der Waals surface area contributed by atoms with Crippen molar-refractivity contribution in [2.75, 3.05) is 25.0 Å². The fourth-order valence-corrected chi connectivity index (χ4v) is 2.63. The smallest absolute Gasteiger partial charge is 0.283 e. The van der Waals surface area contributed by atoms with Crippen LogP contribution in [0.5, 0.6) is 0 Å². The Hall–Kier alpha value is -0.880. The molecule has 1 fully saturated rings. The van der Waals surface area contributed by atoms with Crippen LogP contribution in [0, 0.1) is 5.92 Å². The van der Waals surface area contributed by atoms with E-state index >= 15 is 0 Å². The third-order valence-corrected chi connectivity index (χ3v) is 4.08. The first-order valence-corrected chi connectivity index (χ1v) is 7.22. The van der Waals surface area contributed by atoms with Crippen molar-refractivity contribution in [3.05, 3.63) is 21.0 Å². The molecule has 2 rings (SSSR count). The van der Waals surface area contributed by atoms with E-state index in [0.29, 0.717) is 11.0 Å². The summed E-state index contributed by atoms with van der Waals surface area (Å²) >= 11 is 3.34. The summed E-state index contributed by atoms with van der Waals surface area (Å²) in [6.45, 7) is 5.61. The van der Waals surface area contributed by atoms with Crippen LogP contribution in [0.3, 0.4) is 0 Å². The van der Waals surface area contributed by atoms with E-state index in [-0.39, 0.29) is 5.56 Å². The molecule has 1 atom stereocenters. The molecule has 1 saturated heterocycles. The first-order chi connectivity index (χ1) is 8.72. The first kappa shape index (κ1) is 13.5. The van der Waals surface area contributed by atoms with Crippen molar-refractivity contribution in [3.8, 4) is 0 Å². The van der Waals surface area contributed by atoms with Gasteiger partial charge in [-0.15, -0.1) is 0 Å². The number of halogens is 1. The fraction of sp³-hybridized carbons (Fsp3) is 0.667. The normalized spacial score (nSPS) is 19.1. The van der Waals surface area contributed by atoms with Gasteiger partial charge in [0.15, 0.2) is 0 Å². The molecule has 2 N–H and O–H groups in total. The van der Waals surface area contributed by atoms with Crippen LogP contribution in [0.4, 0.5) is 5.69 Å². The summed E-state index contributed by atoms with van der Waals surface area (Å²) in [4.78, 5) is 11.8. The molecular weight excluding hydrogens is 296 g/mol. The van der Waals surface area contributed by atoms with Gasteiger partial charge in [0, 0.05) is 13.1 Å². The quantitative estimate of drug-likeness (QED) is 0.863. The van der Waals surface area contributed by atoms with Gasteiger partial charge in [0.25, 0.3) is 5.56 Å². The number of nitrogens with one attached hydrogen (secondary N) is 2. The summed E-state index contributed by atoms with van der Waals surface area (Å²) in [5.41, 5.74) is 0.709. The van der Waals surface area contributed by atoms with Crippen LogP contribution in [0.25, 0.3) is 0 Å². The Bertz CT molecular complexity index is 454. The van der Waals surface area contributed by atoms with E-state index in [9.17, 15) is 4.79 Å². The first-order valence-electron chi connectivity index (χ1n) is 6.42. The van der Waals surface area contributed by atoms with Gasteiger partial charge in [0.05, 0.1) is 11.9 Å². The van der Waals surface area contributed by atoms with E-state index in [1.54, 1.807) is 6.20 Å². The van der Waals surface area contributed by atoms with Crippen molar-refractivity contribution in [3.63, 3.8) is 0 Å². The number of anilines is 1. The number of hydrogen-bond acceptors (Lipinski definition) is 4. The lowest BCUT2D eigenvalue weighted by Crippen LogP contribution is -2.24. The lowest BCUT2D eigenvalue weighted by molar-refractivity contribution is 0.548. The van der Waals surface area contributed by atoms with Gasteiger partial charge in [-0.1, -0.05) is 0 Å². The van der Waals surface area contributed by atoms with Crippen LogP contribution in [-0.2, 0) is 6.54 Å². The van der Waals surface area contributed by atoms with Gasteiger partial charge >= 0.3 is 0 Å². The Morgan fingerprint density at radius 1 is 1.67 bits per heavy atom. The summed E-state index contributed by atoms with van der Waals surface area (Å²) in [5, 5.41) is 10.7. The van der Waals surface area contributed by atoms with Crippen LogP contribution in [0.2, 0.25) is 0 Å². The van der Waals surface area contributed by atoms with Gasteiger partial charge in [-0.2, -0.15) is 5.10 Å². The van der Waals surface area contributed by atoms with Crippen molar-refractivity contribution in [2.45, 2.75) is 26.3 Å². The Kier molecular flexibility index (Phi) is 4.77. The molecule has 0 radical (unpaired) electrons. The van der Waals surface area contributed by atoms with Crippen LogP contribution in [0.15, 0.2) is 15.5 Å². The summed E-state index contributed by atoms with van der Waals surface area (Å²) in [7, 11) is 0. The van der Waals surface area contributed by atoms with Gasteiger partial charge in [0.2, 0.25) is 0 Å². The maximum Gasteiger partial charge on any atom is 0.283 e. The minimum atomic E-state index is -0.0787. The van der Waals surface area contributed by atoms with Crippen molar-refractivity contribution < 1.29 is 0 Å². The van der Waals surface area contributed by atoms with E-state index in [0.717, 1.165) is 37.7 Å². The second-order valence-corrected chi connectivity index (χ2v) is 5.36. The zero-order chi connectivity index (χ0) is 13.0. The SMILES string of the molecule is CCn1ncc(NCCC2CCNC2)c(Br)c1=O. The molecule has 1 aromatic rings. The van der Waals surface area contributed by atoms with Crippen LogP contribution >= 0.6 is 15.9 Å². The predicted molar refractivity (Wildman–Crippen MR) is 76.0 cm³/mol. The second kappa shape index (κ2) is 6.33. The lowest BCUT2D eigenvalue weighted by atomic mass is 10.1. The largest absolute Gasteiger partial charge is 0.383 e. The molecule has 0 aliphatic carbocycles. The number of nitrogens with zero attached hydrogens (tertiary/aromatic N) is 2. The third-order valence-electron chi connectivity index (χ3n) is 3.31. The molecule has 6 heteroatoms. The average molecular weight is 315 g/mol. The Balaban J connectivity index is 1.93. The highest BCUT2D eigenvalue weighted by Gasteiger charge is 2.14. The van der Waals surface area contributed by atoms with Crippen molar-refractivity contribution >= 4 is 21.6 Å². The van der Waals surface area contributed by atoms with Crippen molar-refractivity contribution in [2.24, 2.45) is 5.92 Å². The third kappa shape index (κ3) is 3.11. The molecule has 2 heterocycles. The topological polar surface area (TPSA) is 59.0 Å². The van der Waals surface area contributed by atoms with Crippen LogP contribution < -0.4 is 16.2 Å². The zero-order valence-electron chi connectivity index (χ0n) is 10.6. The number of rotatable bonds is 5. The second-order valence-electron chi connectivity index (χ2n) is 4.57. The van der Waals surface area contributed by atoms with E-state index < -0.39 is 0 Å². The van der Waals surface area contributed by atoms with Crippen molar-refractivity contribution in [1.29, 1.82) is 0 Å². The van der Waals surface area contributed by atoms with E-state index in [1.165, 1.54) is 11.1 Å². The Morgan fingerprint density at radius 3 is 3.17 bits per heavy atom. The number of aryl methyl sites for hydroxylation is 1. The fourth-order valence-electron chi connectivity index (χ4n) is 2.19. The van der Waals surface area contributed by atoms with E-state index in [1.807, 2.05) is 6.92 Å². The minimum absolute atomic E-state index is 0.0787. The summed E-state index contributed by atoms with van der Waals surface area (Å²) in [6, 6.07) is 0. The Morgan fingerprint density at radius 2 is 2.50 bits per heavy atom. The number of hydrogen-bond donors (Lipinski definition) is 2. The van der Waals surface area contributed by atoms with Gasteiger partial charge in [-0.25, -0.2) is 4.68 Å². The molecule has 5 nitrogen and oxygen atoms in total. The monoisotopic (exact) mass is 314 g/mol. The molecule has 0 saturated carbocycles. The molecule has 18 heavy (non-hydrogen) atoms. The predicted octanol–water partition coefficient (Wildman–Crippen LogP) is 1.44. The molecule has 1 aromatic heterocycles. The molecule has 1 aliphatic rings. The molecular formula is C12H19BrN4O. The maximum atomic E-state index is 11.8. The van der Waals surface area contributed by atoms with Gasteiger partial charge in [0.1, 0.15) is 4.47 Å². The van der Waals surface area contributed by atoms with Crippen LogP contribution in [0.1, 0.15) is 19.8 Å². The molecule has 1 aliphatic heterocycles. The van der Waals surface area contributed by atoms with Crippen molar-refractivity contribution in [1.82, 2.24) is 15.1 Å². The highest BCUT2D eigenvalue weighted by atomic mass is 79.9.